The molecule has 19 heavy (non-hydrogen) atoms. The Morgan fingerprint density at radius 3 is 2.42 bits per heavy atom. The van der Waals surface area contributed by atoms with E-state index in [1.807, 2.05) is 0 Å². The summed E-state index contributed by atoms with van der Waals surface area (Å²) in [6.45, 7) is 8.39. The molecule has 112 valence electrons. The van der Waals surface area contributed by atoms with Crippen LogP contribution in [0.5, 0.6) is 0 Å². The van der Waals surface area contributed by atoms with E-state index in [-0.39, 0.29) is 0 Å². The van der Waals surface area contributed by atoms with E-state index >= 15 is 0 Å². The highest BCUT2D eigenvalue weighted by molar-refractivity contribution is 4.98. The van der Waals surface area contributed by atoms with Gasteiger partial charge in [0, 0.05) is 24.2 Å². The Morgan fingerprint density at radius 1 is 1.16 bits per heavy atom. The molecule has 2 fully saturated rings. The molecule has 1 aliphatic carbocycles. The van der Waals surface area contributed by atoms with E-state index in [2.05, 4.69) is 43.1 Å². The van der Waals surface area contributed by atoms with Crippen LogP contribution in [0.3, 0.4) is 0 Å². The van der Waals surface area contributed by atoms with E-state index in [0.29, 0.717) is 11.6 Å². The normalized spacial score (nSPS) is 28.4. The molecule has 1 aliphatic heterocycles. The Morgan fingerprint density at radius 2 is 1.89 bits per heavy atom. The van der Waals surface area contributed by atoms with Crippen molar-refractivity contribution in [3.8, 4) is 0 Å². The molecule has 2 aliphatic rings. The van der Waals surface area contributed by atoms with Gasteiger partial charge in [0.2, 0.25) is 0 Å². The lowest BCUT2D eigenvalue weighted by Gasteiger charge is -2.48. The first kappa shape index (κ1) is 15.3. The molecule has 2 rings (SSSR count). The average Bonchev–Trinajstić information content (AvgIpc) is 2.52. The molecule has 1 atom stereocenters. The van der Waals surface area contributed by atoms with Crippen LogP contribution < -0.4 is 5.32 Å². The first-order valence-corrected chi connectivity index (χ1v) is 8.18. The fraction of sp³-hybridized carbons (Fsp3) is 1.00. The van der Waals surface area contributed by atoms with Crippen molar-refractivity contribution in [2.75, 3.05) is 33.7 Å². The van der Waals surface area contributed by atoms with E-state index in [0.717, 1.165) is 6.04 Å². The van der Waals surface area contributed by atoms with Gasteiger partial charge in [-0.3, -0.25) is 0 Å². The Labute approximate surface area is 119 Å². The van der Waals surface area contributed by atoms with Crippen LogP contribution in [-0.4, -0.2) is 61.2 Å². The second-order valence-corrected chi connectivity index (χ2v) is 7.11. The van der Waals surface area contributed by atoms with Crippen molar-refractivity contribution >= 4 is 0 Å². The first-order chi connectivity index (χ1) is 9.03. The van der Waals surface area contributed by atoms with Crippen molar-refractivity contribution in [1.82, 2.24) is 15.1 Å². The summed E-state index contributed by atoms with van der Waals surface area (Å²) < 4.78 is 0. The largest absolute Gasteiger partial charge is 0.312 e. The molecule has 1 saturated heterocycles. The van der Waals surface area contributed by atoms with Crippen LogP contribution in [0.15, 0.2) is 0 Å². The maximum Gasteiger partial charge on any atom is 0.0328 e. The molecule has 1 heterocycles. The van der Waals surface area contributed by atoms with Crippen molar-refractivity contribution in [1.29, 1.82) is 0 Å². The van der Waals surface area contributed by atoms with E-state index < -0.39 is 0 Å². The lowest BCUT2D eigenvalue weighted by molar-refractivity contribution is 0.0565. The Hall–Kier alpha value is -0.120. The third-order valence-corrected chi connectivity index (χ3v) is 5.45. The summed E-state index contributed by atoms with van der Waals surface area (Å²) in [6, 6.07) is 1.44. The molecule has 3 heteroatoms. The summed E-state index contributed by atoms with van der Waals surface area (Å²) in [4.78, 5) is 5.08. The molecule has 1 unspecified atom stereocenters. The van der Waals surface area contributed by atoms with Crippen LogP contribution >= 0.6 is 0 Å². The molecule has 0 aromatic carbocycles. The van der Waals surface area contributed by atoms with Crippen LogP contribution in [0.1, 0.15) is 52.4 Å². The molecule has 1 saturated carbocycles. The Kier molecular flexibility index (Phi) is 5.27. The minimum Gasteiger partial charge on any atom is -0.312 e. The quantitative estimate of drug-likeness (QED) is 0.825. The second kappa shape index (κ2) is 6.55. The molecule has 0 aromatic rings. The zero-order valence-corrected chi connectivity index (χ0v) is 13.4. The summed E-state index contributed by atoms with van der Waals surface area (Å²) in [5.41, 5.74) is 0.462. The van der Waals surface area contributed by atoms with Crippen LogP contribution in [0.2, 0.25) is 0 Å². The van der Waals surface area contributed by atoms with Crippen LogP contribution in [0.4, 0.5) is 0 Å². The zero-order chi connectivity index (χ0) is 13.9. The molecule has 0 radical (unpaired) electrons. The predicted octanol–water partition coefficient (Wildman–Crippen LogP) is 2.32. The molecular weight excluding hydrogens is 234 g/mol. The number of rotatable bonds is 5. The van der Waals surface area contributed by atoms with Crippen LogP contribution in [-0.2, 0) is 0 Å². The standard InChI is InChI=1S/C16H33N3/c1-14(2)19-11-5-7-15(8-12-19)17-13-16(18(3)4)9-6-10-16/h14-15,17H,5-13H2,1-4H3. The van der Waals surface area contributed by atoms with Gasteiger partial charge in [-0.25, -0.2) is 0 Å². The monoisotopic (exact) mass is 267 g/mol. The van der Waals surface area contributed by atoms with Gasteiger partial charge in [-0.05, 0) is 79.6 Å². The summed E-state index contributed by atoms with van der Waals surface area (Å²) >= 11 is 0. The Bertz CT molecular complexity index is 271. The molecule has 1 N–H and O–H groups in total. The highest BCUT2D eigenvalue weighted by Crippen LogP contribution is 2.35. The van der Waals surface area contributed by atoms with Gasteiger partial charge >= 0.3 is 0 Å². The van der Waals surface area contributed by atoms with Gasteiger partial charge < -0.3 is 15.1 Å². The highest BCUT2D eigenvalue weighted by atomic mass is 15.2. The van der Waals surface area contributed by atoms with Gasteiger partial charge in [0.1, 0.15) is 0 Å². The van der Waals surface area contributed by atoms with Crippen LogP contribution in [0, 0.1) is 0 Å². The molecule has 0 bridgehead atoms. The van der Waals surface area contributed by atoms with Crippen molar-refractivity contribution < 1.29 is 0 Å². The van der Waals surface area contributed by atoms with Crippen LogP contribution in [0.25, 0.3) is 0 Å². The summed E-state index contributed by atoms with van der Waals surface area (Å²) in [5.74, 6) is 0. The number of likely N-dealkylation sites (N-methyl/N-ethyl adjacent to an activating group) is 1. The summed E-state index contributed by atoms with van der Waals surface area (Å²) in [5, 5.41) is 3.88. The average molecular weight is 267 g/mol. The van der Waals surface area contributed by atoms with Gasteiger partial charge in [-0.15, -0.1) is 0 Å². The third kappa shape index (κ3) is 3.71. The summed E-state index contributed by atoms with van der Waals surface area (Å²) in [6.07, 6.45) is 8.18. The van der Waals surface area contributed by atoms with E-state index in [9.17, 15) is 0 Å². The highest BCUT2D eigenvalue weighted by Gasteiger charge is 2.39. The molecule has 0 spiro atoms. The number of hydrogen-bond acceptors (Lipinski definition) is 3. The zero-order valence-electron chi connectivity index (χ0n) is 13.4. The Balaban J connectivity index is 1.77. The van der Waals surface area contributed by atoms with Crippen molar-refractivity contribution in [2.45, 2.75) is 70.0 Å². The number of nitrogens with zero attached hydrogens (tertiary/aromatic N) is 2. The van der Waals surface area contributed by atoms with Gasteiger partial charge in [-0.1, -0.05) is 0 Å². The van der Waals surface area contributed by atoms with E-state index in [4.69, 9.17) is 0 Å². The minimum atomic E-state index is 0.462. The van der Waals surface area contributed by atoms with Crippen molar-refractivity contribution in [3.63, 3.8) is 0 Å². The third-order valence-electron chi connectivity index (χ3n) is 5.45. The number of hydrogen-bond donors (Lipinski definition) is 1. The number of nitrogens with one attached hydrogen (secondary N) is 1. The van der Waals surface area contributed by atoms with E-state index in [1.165, 1.54) is 58.2 Å². The topological polar surface area (TPSA) is 18.5 Å². The lowest BCUT2D eigenvalue weighted by Crippen LogP contribution is -2.57. The first-order valence-electron chi connectivity index (χ1n) is 8.18. The minimum absolute atomic E-state index is 0.462. The maximum absolute atomic E-state index is 3.88. The molecule has 3 nitrogen and oxygen atoms in total. The lowest BCUT2D eigenvalue weighted by atomic mass is 9.75. The van der Waals surface area contributed by atoms with E-state index in [1.54, 1.807) is 0 Å². The van der Waals surface area contributed by atoms with Gasteiger partial charge in [0.15, 0.2) is 0 Å². The molecule has 0 amide bonds. The van der Waals surface area contributed by atoms with Crippen molar-refractivity contribution in [2.24, 2.45) is 0 Å². The predicted molar refractivity (Wildman–Crippen MR) is 82.6 cm³/mol. The SMILES string of the molecule is CC(C)N1CCCC(NCC2(N(C)C)CCC2)CC1. The molecule has 0 aromatic heterocycles. The fourth-order valence-corrected chi connectivity index (χ4v) is 3.54. The summed E-state index contributed by atoms with van der Waals surface area (Å²) in [7, 11) is 4.49. The van der Waals surface area contributed by atoms with Gasteiger partial charge in [0.05, 0.1) is 0 Å². The second-order valence-electron chi connectivity index (χ2n) is 7.11. The van der Waals surface area contributed by atoms with Gasteiger partial charge in [-0.2, -0.15) is 0 Å². The molecular formula is C16H33N3. The fourth-order valence-electron chi connectivity index (χ4n) is 3.54. The van der Waals surface area contributed by atoms with Crippen molar-refractivity contribution in [3.05, 3.63) is 0 Å². The maximum atomic E-state index is 3.88. The van der Waals surface area contributed by atoms with Gasteiger partial charge in [0.25, 0.3) is 0 Å². The smallest absolute Gasteiger partial charge is 0.0328 e. The number of likely N-dealkylation sites (tertiary alicyclic amines) is 1.